The third kappa shape index (κ3) is 3.08. The first-order chi connectivity index (χ1) is 9.71. The highest BCUT2D eigenvalue weighted by atomic mass is 19.4. The van der Waals surface area contributed by atoms with Crippen LogP contribution in [0.4, 0.5) is 19.0 Å². The van der Waals surface area contributed by atoms with Gasteiger partial charge in [0.2, 0.25) is 0 Å². The molecular formula is C13H18F3N5. The zero-order valence-corrected chi connectivity index (χ0v) is 11.6. The number of hydrogen-bond acceptors (Lipinski definition) is 4. The summed E-state index contributed by atoms with van der Waals surface area (Å²) in [6, 6.07) is 0. The first kappa shape index (κ1) is 15.5. The van der Waals surface area contributed by atoms with Crippen molar-refractivity contribution in [3.63, 3.8) is 0 Å². The summed E-state index contributed by atoms with van der Waals surface area (Å²) in [5, 5.41) is 16.0. The fourth-order valence-electron chi connectivity index (χ4n) is 2.82. The Hall–Kier alpha value is -1.86. The smallest absolute Gasteiger partial charge is 0.381 e. The van der Waals surface area contributed by atoms with Crippen LogP contribution in [0.5, 0.6) is 0 Å². The Morgan fingerprint density at radius 2 is 2.10 bits per heavy atom. The Morgan fingerprint density at radius 3 is 2.71 bits per heavy atom. The van der Waals surface area contributed by atoms with Gasteiger partial charge in [0.05, 0.1) is 5.92 Å². The number of nitrogen functional groups attached to an aromatic ring is 1. The maximum absolute atomic E-state index is 12.9. The van der Waals surface area contributed by atoms with Crippen molar-refractivity contribution in [1.29, 1.82) is 10.8 Å². The molecule has 116 valence electrons. The predicted octanol–water partition coefficient (Wildman–Crippen LogP) is 2.38. The van der Waals surface area contributed by atoms with Gasteiger partial charge < -0.3 is 5.73 Å². The van der Waals surface area contributed by atoms with E-state index >= 15 is 0 Å². The van der Waals surface area contributed by atoms with Gasteiger partial charge in [-0.3, -0.25) is 15.4 Å². The molecule has 3 unspecified atom stereocenters. The highest BCUT2D eigenvalue weighted by molar-refractivity contribution is 5.84. The van der Waals surface area contributed by atoms with Crippen molar-refractivity contribution in [3.8, 4) is 0 Å². The number of anilines is 1. The molecule has 8 heteroatoms. The van der Waals surface area contributed by atoms with E-state index in [0.29, 0.717) is 6.42 Å². The molecular weight excluding hydrogens is 283 g/mol. The van der Waals surface area contributed by atoms with Gasteiger partial charge in [-0.15, -0.1) is 0 Å². The van der Waals surface area contributed by atoms with E-state index in [1.54, 1.807) is 0 Å². The number of aromatic nitrogens is 2. The maximum Gasteiger partial charge on any atom is 0.391 e. The molecule has 0 bridgehead atoms. The molecule has 0 aromatic carbocycles. The molecule has 1 aliphatic rings. The quantitative estimate of drug-likeness (QED) is 0.549. The van der Waals surface area contributed by atoms with E-state index in [0.717, 1.165) is 0 Å². The lowest BCUT2D eigenvalue weighted by atomic mass is 9.74. The van der Waals surface area contributed by atoms with Crippen molar-refractivity contribution in [3.05, 3.63) is 17.9 Å². The number of hydrogen-bond donors (Lipinski definition) is 3. The molecule has 0 saturated heterocycles. The molecule has 5 nitrogen and oxygen atoms in total. The van der Waals surface area contributed by atoms with Crippen LogP contribution in [0.3, 0.4) is 0 Å². The Morgan fingerprint density at radius 1 is 1.43 bits per heavy atom. The predicted molar refractivity (Wildman–Crippen MR) is 71.7 cm³/mol. The Balaban J connectivity index is 2.28. The second-order valence-electron chi connectivity index (χ2n) is 5.55. The Bertz CT molecular complexity index is 592. The van der Waals surface area contributed by atoms with Crippen LogP contribution in [0.15, 0.2) is 12.4 Å². The van der Waals surface area contributed by atoms with Gasteiger partial charge in [0, 0.05) is 18.3 Å². The first-order valence-corrected chi connectivity index (χ1v) is 6.75. The number of halogens is 3. The topological polar surface area (TPSA) is 91.5 Å². The molecule has 0 spiro atoms. The molecule has 4 N–H and O–H groups in total. The van der Waals surface area contributed by atoms with E-state index in [1.165, 1.54) is 17.0 Å². The number of nitrogens with two attached hydrogens (primary N) is 1. The van der Waals surface area contributed by atoms with Crippen LogP contribution in [0.1, 0.15) is 26.2 Å². The SMILES string of the molecule is CC1CCC(C(F)(F)F)CC1C(=N)n1ccnc(N)c1=N. The van der Waals surface area contributed by atoms with Crippen LogP contribution in [0.25, 0.3) is 0 Å². The van der Waals surface area contributed by atoms with E-state index in [-0.39, 0.29) is 35.9 Å². The molecule has 1 aromatic rings. The van der Waals surface area contributed by atoms with Gasteiger partial charge in [0.15, 0.2) is 11.3 Å². The van der Waals surface area contributed by atoms with Crippen molar-refractivity contribution < 1.29 is 13.2 Å². The number of nitrogens with zero attached hydrogens (tertiary/aromatic N) is 2. The number of alkyl halides is 3. The largest absolute Gasteiger partial charge is 0.391 e. The van der Waals surface area contributed by atoms with Crippen molar-refractivity contribution in [2.45, 2.75) is 32.4 Å². The first-order valence-electron chi connectivity index (χ1n) is 6.75. The highest BCUT2D eigenvalue weighted by Gasteiger charge is 2.45. The molecule has 2 rings (SSSR count). The third-order valence-corrected chi connectivity index (χ3v) is 4.18. The zero-order valence-electron chi connectivity index (χ0n) is 11.6. The second-order valence-corrected chi connectivity index (χ2v) is 5.55. The summed E-state index contributed by atoms with van der Waals surface area (Å²) < 4.78 is 39.9. The van der Waals surface area contributed by atoms with E-state index in [4.69, 9.17) is 16.6 Å². The molecule has 0 aliphatic heterocycles. The lowest BCUT2D eigenvalue weighted by Gasteiger charge is -2.35. The summed E-state index contributed by atoms with van der Waals surface area (Å²) in [7, 11) is 0. The van der Waals surface area contributed by atoms with Gasteiger partial charge in [0.25, 0.3) is 0 Å². The summed E-state index contributed by atoms with van der Waals surface area (Å²) >= 11 is 0. The van der Waals surface area contributed by atoms with Crippen LogP contribution in [-0.2, 0) is 0 Å². The zero-order chi connectivity index (χ0) is 15.8. The monoisotopic (exact) mass is 301 g/mol. The van der Waals surface area contributed by atoms with Gasteiger partial charge >= 0.3 is 6.18 Å². The molecule has 1 saturated carbocycles. The Labute approximate surface area is 120 Å². The summed E-state index contributed by atoms with van der Waals surface area (Å²) in [5.41, 5.74) is 5.36. The van der Waals surface area contributed by atoms with Crippen molar-refractivity contribution >= 4 is 11.7 Å². The molecule has 1 aliphatic carbocycles. The van der Waals surface area contributed by atoms with Crippen LogP contribution < -0.4 is 11.2 Å². The lowest BCUT2D eigenvalue weighted by Crippen LogP contribution is -2.41. The van der Waals surface area contributed by atoms with Crippen molar-refractivity contribution in [1.82, 2.24) is 9.55 Å². The number of rotatable bonds is 1. The average Bonchev–Trinajstić information content (AvgIpc) is 2.40. The molecule has 3 atom stereocenters. The highest BCUT2D eigenvalue weighted by Crippen LogP contribution is 2.42. The normalized spacial score (nSPS) is 26.6. The molecule has 1 aromatic heterocycles. The summed E-state index contributed by atoms with van der Waals surface area (Å²) in [6.45, 7) is 1.85. The molecule has 0 radical (unpaired) electrons. The molecule has 0 amide bonds. The van der Waals surface area contributed by atoms with E-state index in [9.17, 15) is 13.2 Å². The lowest BCUT2D eigenvalue weighted by molar-refractivity contribution is -0.186. The average molecular weight is 301 g/mol. The van der Waals surface area contributed by atoms with E-state index < -0.39 is 18.0 Å². The maximum atomic E-state index is 12.9. The van der Waals surface area contributed by atoms with Crippen LogP contribution >= 0.6 is 0 Å². The minimum Gasteiger partial charge on any atom is -0.381 e. The van der Waals surface area contributed by atoms with Crippen molar-refractivity contribution in [2.24, 2.45) is 17.8 Å². The van der Waals surface area contributed by atoms with Gasteiger partial charge in [-0.05, 0) is 25.2 Å². The van der Waals surface area contributed by atoms with E-state index in [2.05, 4.69) is 4.98 Å². The summed E-state index contributed by atoms with van der Waals surface area (Å²) in [6.07, 6.45) is -1.08. The fourth-order valence-corrected chi connectivity index (χ4v) is 2.82. The minimum atomic E-state index is -4.23. The Kier molecular flexibility index (Phi) is 4.06. The van der Waals surface area contributed by atoms with Gasteiger partial charge in [-0.2, -0.15) is 13.2 Å². The fraction of sp³-hybridized carbons (Fsp3) is 0.615. The van der Waals surface area contributed by atoms with Crippen LogP contribution in [0, 0.1) is 28.6 Å². The van der Waals surface area contributed by atoms with E-state index in [1.807, 2.05) is 6.92 Å². The number of nitrogens with one attached hydrogen (secondary N) is 2. The van der Waals surface area contributed by atoms with Gasteiger partial charge in [-0.25, -0.2) is 4.98 Å². The van der Waals surface area contributed by atoms with Gasteiger partial charge in [-0.1, -0.05) is 6.92 Å². The van der Waals surface area contributed by atoms with Gasteiger partial charge in [0.1, 0.15) is 5.84 Å². The third-order valence-electron chi connectivity index (χ3n) is 4.18. The summed E-state index contributed by atoms with van der Waals surface area (Å²) in [4.78, 5) is 3.73. The molecule has 1 fully saturated rings. The minimum absolute atomic E-state index is 0.0180. The second kappa shape index (κ2) is 5.50. The summed E-state index contributed by atoms with van der Waals surface area (Å²) in [5.74, 6) is -2.01. The van der Waals surface area contributed by atoms with Crippen LogP contribution in [0.2, 0.25) is 0 Å². The van der Waals surface area contributed by atoms with Crippen LogP contribution in [-0.4, -0.2) is 21.6 Å². The molecule has 1 heterocycles. The standard InChI is InChI=1S/C13H18F3N5/c1-7-2-3-8(13(14,15)16)6-9(7)11(18)21-5-4-20-10(17)12(21)19/h4-5,7-9,18-19H,2-3,6H2,1H3,(H2,17,20). The van der Waals surface area contributed by atoms with Crippen molar-refractivity contribution in [2.75, 3.05) is 5.73 Å². The molecule has 21 heavy (non-hydrogen) atoms.